The molecule has 0 radical (unpaired) electrons. The zero-order valence-electron chi connectivity index (χ0n) is 10.7. The first kappa shape index (κ1) is 13.5. The summed E-state index contributed by atoms with van der Waals surface area (Å²) in [6.45, 7) is 0.410. The lowest BCUT2D eigenvalue weighted by Gasteiger charge is -2.04. The second-order valence-corrected chi connectivity index (χ2v) is 3.91. The van der Waals surface area contributed by atoms with Gasteiger partial charge in [0, 0.05) is 0 Å². The molecule has 20 heavy (non-hydrogen) atoms. The Balaban J connectivity index is 1.71. The molecule has 102 valence electrons. The summed E-state index contributed by atoms with van der Waals surface area (Å²) >= 11 is 0. The van der Waals surface area contributed by atoms with Crippen LogP contribution in [-0.2, 0) is 11.3 Å². The van der Waals surface area contributed by atoms with E-state index in [2.05, 4.69) is 27.4 Å². The molecule has 0 spiro atoms. The second-order valence-electron chi connectivity index (χ2n) is 3.91. The van der Waals surface area contributed by atoms with Crippen molar-refractivity contribution in [3.8, 4) is 11.8 Å². The summed E-state index contributed by atoms with van der Waals surface area (Å²) in [5.41, 5.74) is 7.09. The molecule has 0 unspecified atom stereocenters. The predicted molar refractivity (Wildman–Crippen MR) is 74.5 cm³/mol. The highest BCUT2D eigenvalue weighted by Gasteiger charge is 2.00. The van der Waals surface area contributed by atoms with Crippen molar-refractivity contribution in [2.75, 3.05) is 12.3 Å². The van der Waals surface area contributed by atoms with Crippen LogP contribution in [-0.4, -0.2) is 22.8 Å². The minimum Gasteiger partial charge on any atom is -0.445 e. The quantitative estimate of drug-likeness (QED) is 0.732. The molecular formula is C14H14N4O2. The third-order valence-corrected chi connectivity index (χ3v) is 2.43. The van der Waals surface area contributed by atoms with Gasteiger partial charge in [0.05, 0.1) is 18.3 Å². The molecule has 1 heterocycles. The van der Waals surface area contributed by atoms with E-state index in [0.717, 1.165) is 5.56 Å². The number of carbonyl (C=O) groups is 1. The Hall–Kier alpha value is -2.94. The normalized spacial score (nSPS) is 9.40. The van der Waals surface area contributed by atoms with Crippen LogP contribution in [0.3, 0.4) is 0 Å². The molecule has 4 N–H and O–H groups in total. The van der Waals surface area contributed by atoms with E-state index < -0.39 is 6.09 Å². The monoisotopic (exact) mass is 270 g/mol. The largest absolute Gasteiger partial charge is 0.445 e. The van der Waals surface area contributed by atoms with Gasteiger partial charge in [-0.2, -0.15) is 5.10 Å². The maximum absolute atomic E-state index is 11.4. The summed E-state index contributed by atoms with van der Waals surface area (Å²) in [6, 6.07) is 9.44. The molecule has 0 atom stereocenters. The van der Waals surface area contributed by atoms with Gasteiger partial charge in [0.25, 0.3) is 0 Å². The molecule has 1 aromatic heterocycles. The van der Waals surface area contributed by atoms with Crippen LogP contribution in [0.15, 0.2) is 36.5 Å². The Bertz CT molecular complexity index is 625. The van der Waals surface area contributed by atoms with Crippen LogP contribution in [0.1, 0.15) is 11.1 Å². The highest BCUT2D eigenvalue weighted by molar-refractivity contribution is 5.67. The first-order valence-electron chi connectivity index (χ1n) is 5.98. The maximum atomic E-state index is 11.4. The number of aromatic amines is 1. The van der Waals surface area contributed by atoms with E-state index >= 15 is 0 Å². The van der Waals surface area contributed by atoms with Crippen molar-refractivity contribution in [2.45, 2.75) is 6.61 Å². The van der Waals surface area contributed by atoms with Gasteiger partial charge in [0.1, 0.15) is 12.4 Å². The first-order valence-corrected chi connectivity index (χ1v) is 5.98. The highest BCUT2D eigenvalue weighted by Crippen LogP contribution is 2.02. The SMILES string of the molecule is Nc1[nH]ncc1C#CCNC(=O)OCc1ccccc1. The van der Waals surface area contributed by atoms with E-state index in [0.29, 0.717) is 11.4 Å². The van der Waals surface area contributed by atoms with Gasteiger partial charge in [-0.3, -0.25) is 5.10 Å². The van der Waals surface area contributed by atoms with Crippen LogP contribution in [0.5, 0.6) is 0 Å². The van der Waals surface area contributed by atoms with E-state index in [4.69, 9.17) is 10.5 Å². The van der Waals surface area contributed by atoms with Crippen molar-refractivity contribution in [1.82, 2.24) is 15.5 Å². The number of nitrogens with zero attached hydrogens (tertiary/aromatic N) is 1. The number of ether oxygens (including phenoxy) is 1. The van der Waals surface area contributed by atoms with Gasteiger partial charge in [-0.15, -0.1) is 0 Å². The third kappa shape index (κ3) is 4.07. The van der Waals surface area contributed by atoms with Crippen LogP contribution in [0.4, 0.5) is 10.6 Å². The van der Waals surface area contributed by atoms with Crippen LogP contribution >= 0.6 is 0 Å². The Kier molecular flexibility index (Phi) is 4.62. The average molecular weight is 270 g/mol. The van der Waals surface area contributed by atoms with Crippen LogP contribution < -0.4 is 11.1 Å². The summed E-state index contributed by atoms with van der Waals surface area (Å²) in [7, 11) is 0. The van der Waals surface area contributed by atoms with Crippen molar-refractivity contribution in [2.24, 2.45) is 0 Å². The Morgan fingerprint density at radius 1 is 1.40 bits per heavy atom. The number of hydrogen-bond donors (Lipinski definition) is 3. The lowest BCUT2D eigenvalue weighted by Crippen LogP contribution is -2.24. The van der Waals surface area contributed by atoms with Crippen LogP contribution in [0.25, 0.3) is 0 Å². The van der Waals surface area contributed by atoms with Gasteiger partial charge in [-0.05, 0) is 5.56 Å². The van der Waals surface area contributed by atoms with Crippen molar-refractivity contribution >= 4 is 11.9 Å². The molecule has 6 nitrogen and oxygen atoms in total. The van der Waals surface area contributed by atoms with E-state index in [1.54, 1.807) is 0 Å². The molecule has 6 heteroatoms. The maximum Gasteiger partial charge on any atom is 0.408 e. The molecule has 0 fully saturated rings. The van der Waals surface area contributed by atoms with E-state index in [9.17, 15) is 4.79 Å². The predicted octanol–water partition coefficient (Wildman–Crippen LogP) is 1.27. The summed E-state index contributed by atoms with van der Waals surface area (Å²) in [6.07, 6.45) is 1.01. The van der Waals surface area contributed by atoms with Crippen molar-refractivity contribution in [3.63, 3.8) is 0 Å². The van der Waals surface area contributed by atoms with Gasteiger partial charge in [0.2, 0.25) is 0 Å². The number of benzene rings is 1. The topological polar surface area (TPSA) is 93.0 Å². The molecule has 0 aliphatic carbocycles. The third-order valence-electron chi connectivity index (χ3n) is 2.43. The number of nitrogen functional groups attached to an aromatic ring is 1. The van der Waals surface area contributed by atoms with Gasteiger partial charge in [-0.25, -0.2) is 4.79 Å². The number of carbonyl (C=O) groups excluding carboxylic acids is 1. The molecule has 0 saturated heterocycles. The fourth-order valence-electron chi connectivity index (χ4n) is 1.43. The Morgan fingerprint density at radius 2 is 2.20 bits per heavy atom. The fourth-order valence-corrected chi connectivity index (χ4v) is 1.43. The van der Waals surface area contributed by atoms with Crippen molar-refractivity contribution in [3.05, 3.63) is 47.7 Å². The van der Waals surface area contributed by atoms with E-state index in [-0.39, 0.29) is 13.2 Å². The number of alkyl carbamates (subject to hydrolysis) is 1. The minimum atomic E-state index is -0.511. The molecule has 2 rings (SSSR count). The number of hydrogen-bond acceptors (Lipinski definition) is 4. The molecular weight excluding hydrogens is 256 g/mol. The smallest absolute Gasteiger partial charge is 0.408 e. The van der Waals surface area contributed by atoms with Gasteiger partial charge >= 0.3 is 6.09 Å². The number of aromatic nitrogens is 2. The zero-order valence-corrected chi connectivity index (χ0v) is 10.7. The Morgan fingerprint density at radius 3 is 2.90 bits per heavy atom. The minimum absolute atomic E-state index is 0.179. The Labute approximate surface area is 116 Å². The van der Waals surface area contributed by atoms with Crippen LogP contribution in [0, 0.1) is 11.8 Å². The van der Waals surface area contributed by atoms with Gasteiger partial charge in [0.15, 0.2) is 0 Å². The second kappa shape index (κ2) is 6.85. The first-order chi connectivity index (χ1) is 9.75. The molecule has 0 bridgehead atoms. The lowest BCUT2D eigenvalue weighted by molar-refractivity contribution is 0.141. The number of nitrogens with two attached hydrogens (primary N) is 1. The zero-order chi connectivity index (χ0) is 14.2. The number of rotatable bonds is 3. The van der Waals surface area contributed by atoms with Crippen molar-refractivity contribution < 1.29 is 9.53 Å². The molecule has 1 aromatic carbocycles. The summed E-state index contributed by atoms with van der Waals surface area (Å²) in [5.74, 6) is 5.95. The molecule has 2 aromatic rings. The summed E-state index contributed by atoms with van der Waals surface area (Å²) < 4.78 is 5.03. The van der Waals surface area contributed by atoms with Crippen molar-refractivity contribution in [1.29, 1.82) is 0 Å². The van der Waals surface area contributed by atoms with E-state index in [1.165, 1.54) is 6.20 Å². The van der Waals surface area contributed by atoms with Crippen LogP contribution in [0.2, 0.25) is 0 Å². The standard InChI is InChI=1S/C14H14N4O2/c15-13-12(9-17-18-13)7-4-8-16-14(19)20-10-11-5-2-1-3-6-11/h1-3,5-6,9H,8,10H2,(H,16,19)(H3,15,17,18). The molecule has 0 saturated carbocycles. The number of nitrogens with one attached hydrogen (secondary N) is 2. The molecule has 1 amide bonds. The fraction of sp³-hybridized carbons (Fsp3) is 0.143. The summed E-state index contributed by atoms with van der Waals surface area (Å²) in [5, 5.41) is 8.83. The number of anilines is 1. The number of amides is 1. The summed E-state index contributed by atoms with van der Waals surface area (Å²) in [4.78, 5) is 11.4. The lowest BCUT2D eigenvalue weighted by atomic mass is 10.2. The number of H-pyrrole nitrogens is 1. The van der Waals surface area contributed by atoms with Gasteiger partial charge < -0.3 is 15.8 Å². The van der Waals surface area contributed by atoms with Gasteiger partial charge in [-0.1, -0.05) is 42.2 Å². The molecule has 0 aliphatic rings. The van der Waals surface area contributed by atoms with E-state index in [1.807, 2.05) is 30.3 Å². The average Bonchev–Trinajstić information content (AvgIpc) is 2.88. The highest BCUT2D eigenvalue weighted by atomic mass is 16.5. The molecule has 0 aliphatic heterocycles.